The van der Waals surface area contributed by atoms with Gasteiger partial charge < -0.3 is 4.42 Å². The molecule has 0 amide bonds. The molecule has 0 N–H and O–H groups in total. The molecule has 21 heavy (non-hydrogen) atoms. The van der Waals surface area contributed by atoms with Crippen molar-refractivity contribution in [2.75, 3.05) is 0 Å². The van der Waals surface area contributed by atoms with Crippen LogP contribution in [0.3, 0.4) is 0 Å². The molecule has 0 aliphatic carbocycles. The lowest BCUT2D eigenvalue weighted by Crippen LogP contribution is -1.91. The van der Waals surface area contributed by atoms with Crippen LogP contribution in [0, 0.1) is 0 Å². The van der Waals surface area contributed by atoms with E-state index in [1.807, 2.05) is 30.3 Å². The number of rotatable bonds is 4. The lowest BCUT2D eigenvalue weighted by atomic mass is 10.0. The molecule has 1 heterocycles. The second-order valence-electron chi connectivity index (χ2n) is 5.01. The van der Waals surface area contributed by atoms with Crippen LogP contribution in [0.1, 0.15) is 29.4 Å². The number of hydrogen-bond donors (Lipinski definition) is 0. The Hall–Kier alpha value is -1.99. The highest BCUT2D eigenvalue weighted by molar-refractivity contribution is 6.22. The highest BCUT2D eigenvalue weighted by atomic mass is 35.5. The Morgan fingerprint density at radius 3 is 2.14 bits per heavy atom. The van der Waals surface area contributed by atoms with E-state index in [0.717, 1.165) is 23.5 Å². The van der Waals surface area contributed by atoms with Gasteiger partial charge in [0.05, 0.1) is 0 Å². The van der Waals surface area contributed by atoms with Gasteiger partial charge in [-0.15, -0.1) is 11.6 Å². The van der Waals surface area contributed by atoms with Gasteiger partial charge >= 0.3 is 0 Å². The van der Waals surface area contributed by atoms with Gasteiger partial charge in [-0.2, -0.15) is 0 Å². The van der Waals surface area contributed by atoms with E-state index < -0.39 is 0 Å². The van der Waals surface area contributed by atoms with Crippen LogP contribution in [0.5, 0.6) is 0 Å². The summed E-state index contributed by atoms with van der Waals surface area (Å²) in [4.78, 5) is 0. The van der Waals surface area contributed by atoms with Crippen molar-refractivity contribution in [1.29, 1.82) is 0 Å². The van der Waals surface area contributed by atoms with Crippen LogP contribution in [0.2, 0.25) is 0 Å². The number of alkyl halides is 1. The van der Waals surface area contributed by atoms with Crippen LogP contribution in [-0.2, 0) is 6.42 Å². The first kappa shape index (κ1) is 14.0. The minimum Gasteiger partial charge on any atom is -0.464 e. The lowest BCUT2D eigenvalue weighted by molar-refractivity contribution is 0.474. The summed E-state index contributed by atoms with van der Waals surface area (Å²) in [5.41, 5.74) is 3.45. The maximum atomic E-state index is 6.51. The van der Waals surface area contributed by atoms with Crippen LogP contribution >= 0.6 is 11.6 Å². The standard InChI is InChI=1S/C19H17ClO/c1-2-17-12-13-18(21-17)19(20)16-10-8-15(9-11-16)14-6-4-3-5-7-14/h3-13,19H,2H2,1H3. The van der Waals surface area contributed by atoms with Crippen LogP contribution < -0.4 is 0 Å². The number of halogens is 1. The highest BCUT2D eigenvalue weighted by Crippen LogP contribution is 2.31. The van der Waals surface area contributed by atoms with Gasteiger partial charge in [0.1, 0.15) is 16.9 Å². The summed E-state index contributed by atoms with van der Waals surface area (Å²) >= 11 is 6.51. The van der Waals surface area contributed by atoms with Crippen molar-refractivity contribution >= 4 is 11.6 Å². The van der Waals surface area contributed by atoms with Gasteiger partial charge in [-0.05, 0) is 28.8 Å². The average Bonchev–Trinajstić information content (AvgIpc) is 3.04. The minimum atomic E-state index is -0.241. The molecule has 0 aliphatic rings. The van der Waals surface area contributed by atoms with Gasteiger partial charge in [0, 0.05) is 6.42 Å². The third-order valence-corrected chi connectivity index (χ3v) is 4.06. The first-order valence-corrected chi connectivity index (χ1v) is 7.59. The number of furan rings is 1. The minimum absolute atomic E-state index is 0.241. The maximum Gasteiger partial charge on any atom is 0.126 e. The van der Waals surface area contributed by atoms with E-state index in [1.165, 1.54) is 11.1 Å². The topological polar surface area (TPSA) is 13.1 Å². The van der Waals surface area contributed by atoms with Crippen LogP contribution in [0.25, 0.3) is 11.1 Å². The summed E-state index contributed by atoms with van der Waals surface area (Å²) < 4.78 is 5.73. The molecule has 0 saturated heterocycles. The molecule has 3 aromatic rings. The molecule has 0 spiro atoms. The number of benzene rings is 2. The molecule has 1 aromatic heterocycles. The SMILES string of the molecule is CCc1ccc(C(Cl)c2ccc(-c3ccccc3)cc2)o1. The molecule has 0 fully saturated rings. The summed E-state index contributed by atoms with van der Waals surface area (Å²) in [5, 5.41) is -0.241. The molecule has 0 aliphatic heterocycles. The number of aryl methyl sites for hydroxylation is 1. The third kappa shape index (κ3) is 3.03. The van der Waals surface area contributed by atoms with Gasteiger partial charge in [-0.25, -0.2) is 0 Å². The van der Waals surface area contributed by atoms with Crippen molar-refractivity contribution < 1.29 is 4.42 Å². The molecular formula is C19H17ClO. The van der Waals surface area contributed by atoms with E-state index in [2.05, 4.69) is 43.3 Å². The summed E-state index contributed by atoms with van der Waals surface area (Å²) in [5.74, 6) is 1.78. The molecule has 1 nitrogen and oxygen atoms in total. The Morgan fingerprint density at radius 1 is 0.857 bits per heavy atom. The first-order chi connectivity index (χ1) is 10.3. The third-order valence-electron chi connectivity index (χ3n) is 3.59. The van der Waals surface area contributed by atoms with Gasteiger partial charge in [-0.1, -0.05) is 61.5 Å². The molecular weight excluding hydrogens is 280 g/mol. The molecule has 2 aromatic carbocycles. The smallest absolute Gasteiger partial charge is 0.126 e. The molecule has 0 bridgehead atoms. The van der Waals surface area contributed by atoms with E-state index in [4.69, 9.17) is 16.0 Å². The van der Waals surface area contributed by atoms with Crippen LogP contribution in [-0.4, -0.2) is 0 Å². The fourth-order valence-electron chi connectivity index (χ4n) is 2.36. The Bertz CT molecular complexity index is 698. The van der Waals surface area contributed by atoms with E-state index in [1.54, 1.807) is 0 Å². The van der Waals surface area contributed by atoms with E-state index in [-0.39, 0.29) is 5.38 Å². The molecule has 0 saturated carbocycles. The van der Waals surface area contributed by atoms with Crippen molar-refractivity contribution in [3.05, 3.63) is 83.8 Å². The zero-order chi connectivity index (χ0) is 14.7. The summed E-state index contributed by atoms with van der Waals surface area (Å²) in [6, 6.07) is 22.6. The maximum absolute atomic E-state index is 6.51. The fraction of sp³-hybridized carbons (Fsp3) is 0.158. The molecule has 0 radical (unpaired) electrons. The van der Waals surface area contributed by atoms with Crippen molar-refractivity contribution in [3.63, 3.8) is 0 Å². The van der Waals surface area contributed by atoms with Gasteiger partial charge in [0.2, 0.25) is 0 Å². The predicted octanol–water partition coefficient (Wildman–Crippen LogP) is 5.84. The Morgan fingerprint density at radius 2 is 1.52 bits per heavy atom. The van der Waals surface area contributed by atoms with Gasteiger partial charge in [0.15, 0.2) is 0 Å². The zero-order valence-corrected chi connectivity index (χ0v) is 12.7. The molecule has 1 atom stereocenters. The Kier molecular flexibility index (Phi) is 4.12. The lowest BCUT2D eigenvalue weighted by Gasteiger charge is -2.08. The normalized spacial score (nSPS) is 12.3. The Balaban J connectivity index is 1.83. The predicted molar refractivity (Wildman–Crippen MR) is 87.7 cm³/mol. The largest absolute Gasteiger partial charge is 0.464 e. The molecule has 2 heteroatoms. The van der Waals surface area contributed by atoms with Crippen molar-refractivity contribution in [2.45, 2.75) is 18.7 Å². The summed E-state index contributed by atoms with van der Waals surface area (Å²) in [6.07, 6.45) is 0.885. The molecule has 106 valence electrons. The van der Waals surface area contributed by atoms with Crippen molar-refractivity contribution in [3.8, 4) is 11.1 Å². The summed E-state index contributed by atoms with van der Waals surface area (Å²) in [7, 11) is 0. The number of hydrogen-bond acceptors (Lipinski definition) is 1. The monoisotopic (exact) mass is 296 g/mol. The molecule has 3 rings (SSSR count). The zero-order valence-electron chi connectivity index (χ0n) is 11.9. The first-order valence-electron chi connectivity index (χ1n) is 7.16. The Labute approximate surface area is 130 Å². The van der Waals surface area contributed by atoms with Crippen LogP contribution in [0.15, 0.2) is 71.1 Å². The second-order valence-corrected chi connectivity index (χ2v) is 5.44. The van der Waals surface area contributed by atoms with Crippen molar-refractivity contribution in [1.82, 2.24) is 0 Å². The van der Waals surface area contributed by atoms with E-state index >= 15 is 0 Å². The fourth-order valence-corrected chi connectivity index (χ4v) is 2.62. The quantitative estimate of drug-likeness (QED) is 0.551. The van der Waals surface area contributed by atoms with Gasteiger partial charge in [-0.3, -0.25) is 0 Å². The van der Waals surface area contributed by atoms with Crippen molar-refractivity contribution in [2.24, 2.45) is 0 Å². The molecule has 1 unspecified atom stereocenters. The van der Waals surface area contributed by atoms with Gasteiger partial charge in [0.25, 0.3) is 0 Å². The van der Waals surface area contributed by atoms with E-state index in [9.17, 15) is 0 Å². The highest BCUT2D eigenvalue weighted by Gasteiger charge is 2.14. The second kappa shape index (κ2) is 6.19. The average molecular weight is 297 g/mol. The summed E-state index contributed by atoms with van der Waals surface area (Å²) in [6.45, 7) is 2.07. The van der Waals surface area contributed by atoms with Crippen LogP contribution in [0.4, 0.5) is 0 Å². The van der Waals surface area contributed by atoms with E-state index in [0.29, 0.717) is 0 Å².